The number of carbonyl (C=O) groups is 4. The number of fused-ring (bicyclic) bond motifs is 2. The Kier molecular flexibility index (Phi) is 12.0. The maximum Gasteiger partial charge on any atom is 0.266 e. The molecule has 0 saturated heterocycles. The SMILES string of the molecule is CC(C)c1cccc(C(C)C)c1N1C(=O)c2ccc3c4c(Oc5ccc(C(C)(C)CC(C)(C)C)cc5)cc5c6c(ccc(c7c(Oc8ccccc8)cc(c2c37)C1=O)c64)C(=O)N(c1c(C(C)C)cccc1C(C)C)C5=O. The largest absolute Gasteiger partial charge is 0.457 e. The van der Waals surface area contributed by atoms with Gasteiger partial charge in [0.25, 0.3) is 23.6 Å². The van der Waals surface area contributed by atoms with Crippen LogP contribution in [0.4, 0.5) is 11.4 Å². The normalized spacial score (nSPS) is 14.2. The predicted molar refractivity (Wildman–Crippen MR) is 309 cm³/mol. The smallest absolute Gasteiger partial charge is 0.266 e. The molecule has 0 radical (unpaired) electrons. The number of carbonyl (C=O) groups excluding carboxylic acids is 4. The van der Waals surface area contributed by atoms with Crippen LogP contribution in [0, 0.1) is 5.41 Å². The zero-order chi connectivity index (χ0) is 54.0. The van der Waals surface area contributed by atoms with Crippen LogP contribution in [-0.2, 0) is 5.41 Å². The maximum atomic E-state index is 15.7. The predicted octanol–water partition coefficient (Wildman–Crippen LogP) is 18.1. The van der Waals surface area contributed by atoms with Gasteiger partial charge in [-0.05, 0) is 128 Å². The van der Waals surface area contributed by atoms with Crippen LogP contribution in [0.1, 0.15) is 189 Å². The van der Waals surface area contributed by atoms with Gasteiger partial charge in [-0.25, -0.2) is 9.80 Å². The summed E-state index contributed by atoms with van der Waals surface area (Å²) in [4.78, 5) is 65.1. The number of nitrogens with zero attached hydrogens (tertiary/aromatic N) is 2. The van der Waals surface area contributed by atoms with Crippen LogP contribution in [-0.4, -0.2) is 23.6 Å². The van der Waals surface area contributed by atoms with Gasteiger partial charge in [0, 0.05) is 43.4 Å². The van der Waals surface area contributed by atoms with Crippen LogP contribution in [0.3, 0.4) is 0 Å². The molecule has 2 aliphatic heterocycles. The minimum absolute atomic E-state index is 0.0102. The molecule has 2 aliphatic rings. The van der Waals surface area contributed by atoms with Crippen molar-refractivity contribution in [3.05, 3.63) is 177 Å². The molecular weight excluding hydrogens is 941 g/mol. The monoisotopic (exact) mass is 1010 g/mol. The topological polar surface area (TPSA) is 93.2 Å². The molecule has 8 nitrogen and oxygen atoms in total. The van der Waals surface area contributed by atoms with E-state index in [1.54, 1.807) is 12.1 Å². The summed E-state index contributed by atoms with van der Waals surface area (Å²) in [5, 5.41) is 4.94. The molecule has 0 bridgehead atoms. The number of amides is 4. The van der Waals surface area contributed by atoms with Crippen LogP contribution >= 0.6 is 0 Å². The lowest BCUT2D eigenvalue weighted by atomic mass is 9.72. The second kappa shape index (κ2) is 18.2. The third-order valence-electron chi connectivity index (χ3n) is 15.7. The second-order valence-electron chi connectivity index (χ2n) is 24.2. The first kappa shape index (κ1) is 50.3. The van der Waals surface area contributed by atoms with Crippen molar-refractivity contribution in [2.24, 2.45) is 5.41 Å². The first-order valence-electron chi connectivity index (χ1n) is 26.9. The summed E-state index contributed by atoms with van der Waals surface area (Å²) in [5.41, 5.74) is 7.39. The number of para-hydroxylation sites is 3. The highest BCUT2D eigenvalue weighted by atomic mass is 16.5. The van der Waals surface area contributed by atoms with Crippen LogP contribution in [0.15, 0.2) is 127 Å². The summed E-state index contributed by atoms with van der Waals surface area (Å²) in [7, 11) is 0. The Hall–Kier alpha value is -7.84. The molecule has 0 aromatic heterocycles. The van der Waals surface area contributed by atoms with Gasteiger partial charge in [-0.1, -0.05) is 169 Å². The molecule has 4 amide bonds. The van der Waals surface area contributed by atoms with E-state index in [4.69, 9.17) is 9.47 Å². The molecule has 2 heterocycles. The third-order valence-corrected chi connectivity index (χ3v) is 15.7. The van der Waals surface area contributed by atoms with Gasteiger partial charge in [-0.2, -0.15) is 0 Å². The molecule has 11 rings (SSSR count). The highest BCUT2D eigenvalue weighted by Gasteiger charge is 2.42. The fourth-order valence-corrected chi connectivity index (χ4v) is 12.6. The van der Waals surface area contributed by atoms with Crippen LogP contribution in [0.5, 0.6) is 23.0 Å². The van der Waals surface area contributed by atoms with Crippen molar-refractivity contribution >= 4 is 78.1 Å². The number of hydrogen-bond donors (Lipinski definition) is 0. The quantitative estimate of drug-likeness (QED) is 0.0688. The van der Waals surface area contributed by atoms with Crippen LogP contribution in [0.25, 0.3) is 43.1 Å². The van der Waals surface area contributed by atoms with E-state index in [9.17, 15) is 0 Å². The molecule has 76 heavy (non-hydrogen) atoms. The standard InChI is InChI=1S/C68H66N2O6/c1-36(2)43-21-17-22-44(37(3)4)61(43)69-63(71)49-32-30-48-58-54(76-42-27-25-40(26-28-42)68(12,13)35-67(9,10)11)34-52-56-50(64(72)70(66(52)74)62-45(38(5)6)23-18-24-46(62)39(7)8)31-29-47(60(56)58)57-53(75-41-19-15-14-16-20-41)33-51(65(69)73)55(49)59(48)57/h14-34,36-39H,35H2,1-13H3. The minimum Gasteiger partial charge on any atom is -0.457 e. The van der Waals surface area contributed by atoms with E-state index in [1.165, 1.54) is 15.4 Å². The summed E-state index contributed by atoms with van der Waals surface area (Å²) >= 11 is 0. The molecule has 0 fully saturated rings. The van der Waals surface area contributed by atoms with Gasteiger partial charge in [-0.3, -0.25) is 19.2 Å². The first-order valence-corrected chi connectivity index (χ1v) is 26.9. The highest BCUT2D eigenvalue weighted by Crippen LogP contribution is 2.54. The molecule has 0 saturated carbocycles. The highest BCUT2D eigenvalue weighted by molar-refractivity contribution is 6.47. The van der Waals surface area contributed by atoms with Gasteiger partial charge in [0.05, 0.1) is 22.5 Å². The van der Waals surface area contributed by atoms with E-state index in [0.717, 1.165) is 28.7 Å². The van der Waals surface area contributed by atoms with Gasteiger partial charge >= 0.3 is 0 Å². The van der Waals surface area contributed by atoms with Gasteiger partial charge < -0.3 is 9.47 Å². The van der Waals surface area contributed by atoms with Gasteiger partial charge in [-0.15, -0.1) is 0 Å². The van der Waals surface area contributed by atoms with Gasteiger partial charge in [0.1, 0.15) is 23.0 Å². The molecule has 9 aromatic carbocycles. The van der Waals surface area contributed by atoms with E-state index in [2.05, 4.69) is 102 Å². The molecule has 8 heteroatoms. The molecule has 9 aromatic rings. The molecule has 0 spiro atoms. The summed E-state index contributed by atoms with van der Waals surface area (Å²) in [6.07, 6.45) is 0.967. The minimum atomic E-state index is -0.449. The Morgan fingerprint density at radius 1 is 0.395 bits per heavy atom. The van der Waals surface area contributed by atoms with E-state index in [1.807, 2.05) is 103 Å². The van der Waals surface area contributed by atoms with Crippen molar-refractivity contribution in [2.75, 3.05) is 9.80 Å². The lowest BCUT2D eigenvalue weighted by Gasteiger charge is -2.34. The number of imide groups is 2. The lowest BCUT2D eigenvalue weighted by Crippen LogP contribution is -2.42. The van der Waals surface area contributed by atoms with Crippen molar-refractivity contribution in [3.8, 4) is 23.0 Å². The molecule has 0 atom stereocenters. The maximum absolute atomic E-state index is 15.7. The number of anilines is 2. The fourth-order valence-electron chi connectivity index (χ4n) is 12.6. The van der Waals surface area contributed by atoms with Crippen LogP contribution < -0.4 is 19.3 Å². The van der Waals surface area contributed by atoms with Crippen molar-refractivity contribution in [3.63, 3.8) is 0 Å². The number of benzene rings is 9. The van der Waals surface area contributed by atoms with Crippen molar-refractivity contribution < 1.29 is 28.7 Å². The van der Waals surface area contributed by atoms with Gasteiger partial charge in [0.15, 0.2) is 0 Å². The van der Waals surface area contributed by atoms with Crippen molar-refractivity contribution in [2.45, 2.75) is 126 Å². The van der Waals surface area contributed by atoms with E-state index >= 15 is 19.2 Å². The molecule has 384 valence electrons. The number of ether oxygens (including phenoxy) is 2. The number of hydrogen-bond acceptors (Lipinski definition) is 6. The van der Waals surface area contributed by atoms with Crippen molar-refractivity contribution in [1.82, 2.24) is 0 Å². The Morgan fingerprint density at radius 2 is 0.763 bits per heavy atom. The van der Waals surface area contributed by atoms with E-state index < -0.39 is 23.6 Å². The second-order valence-corrected chi connectivity index (χ2v) is 24.2. The number of rotatable bonds is 12. The summed E-state index contributed by atoms with van der Waals surface area (Å²) < 4.78 is 14.1. The van der Waals surface area contributed by atoms with Crippen molar-refractivity contribution in [1.29, 1.82) is 0 Å². The van der Waals surface area contributed by atoms with E-state index in [-0.39, 0.29) is 34.5 Å². The third kappa shape index (κ3) is 7.93. The molecular formula is C68H66N2O6. The molecule has 0 N–H and O–H groups in total. The Morgan fingerprint density at radius 3 is 1.13 bits per heavy atom. The zero-order valence-corrected chi connectivity index (χ0v) is 46.0. The average molecular weight is 1010 g/mol. The van der Waals surface area contributed by atoms with E-state index in [0.29, 0.717) is 99.7 Å². The fraction of sp³-hybridized carbons (Fsp3) is 0.294. The Labute approximate surface area is 446 Å². The molecule has 0 unspecified atom stereocenters. The molecule has 0 aliphatic carbocycles. The average Bonchev–Trinajstić information content (AvgIpc) is 3.55. The van der Waals surface area contributed by atoms with Crippen LogP contribution in [0.2, 0.25) is 0 Å². The Bertz CT molecular complexity index is 3840. The lowest BCUT2D eigenvalue weighted by molar-refractivity contribution is 0.0877. The first-order chi connectivity index (χ1) is 36.1. The zero-order valence-electron chi connectivity index (χ0n) is 46.0. The summed E-state index contributed by atoms with van der Waals surface area (Å²) in [6, 6.07) is 40.7. The summed E-state index contributed by atoms with van der Waals surface area (Å²) in [5.74, 6) is 0.212. The Balaban J connectivity index is 1.24. The van der Waals surface area contributed by atoms with Gasteiger partial charge in [0.2, 0.25) is 0 Å². The summed E-state index contributed by atoms with van der Waals surface area (Å²) in [6.45, 7) is 27.9.